The van der Waals surface area contributed by atoms with E-state index in [1.54, 1.807) is 11.8 Å². The van der Waals surface area contributed by atoms with E-state index in [-0.39, 0.29) is 24.8 Å². The lowest BCUT2D eigenvalue weighted by molar-refractivity contribution is -0.144. The molecule has 0 bridgehead atoms. The highest BCUT2D eigenvalue weighted by Gasteiger charge is 2.16. The average molecular weight is 272 g/mol. The predicted octanol–water partition coefficient (Wildman–Crippen LogP) is 0.958. The first kappa shape index (κ1) is 17.4. The summed E-state index contributed by atoms with van der Waals surface area (Å²) in [6, 6.07) is 0. The number of amides is 2. The summed E-state index contributed by atoms with van der Waals surface area (Å²) in [6.45, 7) is 7.00. The Morgan fingerprint density at radius 1 is 0.842 bits per heavy atom. The highest BCUT2D eigenvalue weighted by Crippen LogP contribution is 2.04. The molecule has 1 N–H and O–H groups in total. The number of carboxylic acid groups (broad SMARTS) is 1. The van der Waals surface area contributed by atoms with Gasteiger partial charge in [0.25, 0.3) is 0 Å². The molecule has 0 saturated carbocycles. The van der Waals surface area contributed by atoms with Gasteiger partial charge in [-0.3, -0.25) is 14.4 Å². The van der Waals surface area contributed by atoms with Gasteiger partial charge >= 0.3 is 5.97 Å². The number of likely N-dealkylation sites (N-methyl/N-ethyl adjacent to an activating group) is 1. The minimum atomic E-state index is -1.02. The minimum Gasteiger partial charge on any atom is -0.480 e. The second kappa shape index (κ2) is 9.35. The summed E-state index contributed by atoms with van der Waals surface area (Å²) in [4.78, 5) is 37.0. The van der Waals surface area contributed by atoms with Crippen LogP contribution < -0.4 is 0 Å². The molecule has 0 spiro atoms. The number of nitrogens with zero attached hydrogens (tertiary/aromatic N) is 2. The lowest BCUT2D eigenvalue weighted by atomic mass is 10.2. The van der Waals surface area contributed by atoms with E-state index in [2.05, 4.69) is 0 Å². The Balaban J connectivity index is 4.08. The Bertz CT molecular complexity index is 314. The van der Waals surface area contributed by atoms with Gasteiger partial charge in [0.05, 0.1) is 0 Å². The predicted molar refractivity (Wildman–Crippen MR) is 71.7 cm³/mol. The Morgan fingerprint density at radius 3 is 1.63 bits per heavy atom. The van der Waals surface area contributed by atoms with Gasteiger partial charge in [0.1, 0.15) is 6.54 Å². The van der Waals surface area contributed by atoms with Crippen molar-refractivity contribution in [2.24, 2.45) is 0 Å². The molecule has 0 aromatic rings. The number of hydrogen-bond donors (Lipinski definition) is 1. The number of aliphatic carboxylic acids is 1. The molecule has 0 heterocycles. The smallest absolute Gasteiger partial charge is 0.323 e. The molecule has 0 radical (unpaired) electrons. The highest BCUT2D eigenvalue weighted by molar-refractivity contribution is 5.82. The van der Waals surface area contributed by atoms with E-state index in [1.807, 2.05) is 13.8 Å². The minimum absolute atomic E-state index is 0.0408. The van der Waals surface area contributed by atoms with Crippen LogP contribution in [-0.4, -0.2) is 58.9 Å². The number of rotatable bonds is 9. The molecular formula is C13H24N2O4. The van der Waals surface area contributed by atoms with Crippen LogP contribution in [0.15, 0.2) is 0 Å². The van der Waals surface area contributed by atoms with E-state index in [4.69, 9.17) is 5.11 Å². The molecule has 0 aliphatic carbocycles. The molecule has 2 amide bonds. The second-order valence-corrected chi connectivity index (χ2v) is 4.22. The van der Waals surface area contributed by atoms with Gasteiger partial charge in [-0.15, -0.1) is 0 Å². The van der Waals surface area contributed by atoms with E-state index >= 15 is 0 Å². The lowest BCUT2D eigenvalue weighted by Crippen LogP contribution is -2.35. The summed E-state index contributed by atoms with van der Waals surface area (Å²) in [5.41, 5.74) is 0. The van der Waals surface area contributed by atoms with Gasteiger partial charge in [-0.25, -0.2) is 0 Å². The van der Waals surface area contributed by atoms with Crippen molar-refractivity contribution in [3.63, 3.8) is 0 Å². The third-order valence-corrected chi connectivity index (χ3v) is 2.96. The van der Waals surface area contributed by atoms with Gasteiger partial charge < -0.3 is 14.9 Å². The molecule has 0 rings (SSSR count). The zero-order valence-electron chi connectivity index (χ0n) is 12.0. The largest absolute Gasteiger partial charge is 0.480 e. The zero-order valence-corrected chi connectivity index (χ0v) is 12.0. The first-order valence-corrected chi connectivity index (χ1v) is 6.73. The fourth-order valence-corrected chi connectivity index (χ4v) is 1.82. The monoisotopic (exact) mass is 272 g/mol. The molecule has 6 nitrogen and oxygen atoms in total. The zero-order chi connectivity index (χ0) is 14.8. The first-order valence-electron chi connectivity index (χ1n) is 6.73. The van der Waals surface area contributed by atoms with Crippen molar-refractivity contribution in [3.8, 4) is 0 Å². The summed E-state index contributed by atoms with van der Waals surface area (Å²) in [5.74, 6) is -1.19. The van der Waals surface area contributed by atoms with Crippen LogP contribution in [0.1, 0.15) is 40.0 Å². The molecule has 0 unspecified atom stereocenters. The van der Waals surface area contributed by atoms with Gasteiger partial charge in [0.2, 0.25) is 11.8 Å². The molecule has 0 aliphatic heterocycles. The van der Waals surface area contributed by atoms with E-state index in [9.17, 15) is 14.4 Å². The number of hydrogen-bond acceptors (Lipinski definition) is 3. The normalized spacial score (nSPS) is 10.1. The van der Waals surface area contributed by atoms with E-state index in [0.717, 1.165) is 0 Å². The molecule has 19 heavy (non-hydrogen) atoms. The number of carbonyl (C=O) groups is 3. The summed E-state index contributed by atoms with van der Waals surface area (Å²) >= 11 is 0. The van der Waals surface area contributed by atoms with Gasteiger partial charge in [-0.05, 0) is 27.2 Å². The fourth-order valence-electron chi connectivity index (χ4n) is 1.82. The van der Waals surface area contributed by atoms with Crippen molar-refractivity contribution in [1.29, 1.82) is 0 Å². The standard InChI is InChI=1S/C13H24N2O4/c1-4-14(5-2)11(16)8-7-9-12(17)15(6-3)10-13(18)19/h4-10H2,1-3H3,(H,18,19). The molecular weight excluding hydrogens is 248 g/mol. The van der Waals surface area contributed by atoms with E-state index < -0.39 is 5.97 Å². The van der Waals surface area contributed by atoms with Crippen LogP contribution in [0, 0.1) is 0 Å². The van der Waals surface area contributed by atoms with Crippen molar-refractivity contribution in [3.05, 3.63) is 0 Å². The van der Waals surface area contributed by atoms with Crippen LogP contribution in [0.4, 0.5) is 0 Å². The number of carbonyl (C=O) groups excluding carboxylic acids is 2. The average Bonchev–Trinajstić information content (AvgIpc) is 2.36. The summed E-state index contributed by atoms with van der Waals surface area (Å²) in [5, 5.41) is 8.66. The molecule has 6 heteroatoms. The van der Waals surface area contributed by atoms with Gasteiger partial charge in [0, 0.05) is 32.5 Å². The Hall–Kier alpha value is -1.59. The lowest BCUT2D eigenvalue weighted by Gasteiger charge is -2.20. The summed E-state index contributed by atoms with van der Waals surface area (Å²) in [6.07, 6.45) is 1.01. The molecule has 0 aromatic carbocycles. The maximum Gasteiger partial charge on any atom is 0.323 e. The van der Waals surface area contributed by atoms with Crippen molar-refractivity contribution < 1.29 is 19.5 Å². The highest BCUT2D eigenvalue weighted by atomic mass is 16.4. The van der Waals surface area contributed by atoms with Crippen LogP contribution in [0.2, 0.25) is 0 Å². The topological polar surface area (TPSA) is 77.9 Å². The van der Waals surface area contributed by atoms with Crippen LogP contribution in [0.25, 0.3) is 0 Å². The molecule has 0 aliphatic rings. The maximum atomic E-state index is 11.7. The van der Waals surface area contributed by atoms with E-state index in [1.165, 1.54) is 4.90 Å². The Labute approximate surface area is 114 Å². The van der Waals surface area contributed by atoms with Gasteiger partial charge in [-0.1, -0.05) is 0 Å². The van der Waals surface area contributed by atoms with Crippen molar-refractivity contribution >= 4 is 17.8 Å². The Morgan fingerprint density at radius 2 is 1.26 bits per heavy atom. The third kappa shape index (κ3) is 6.79. The second-order valence-electron chi connectivity index (χ2n) is 4.22. The van der Waals surface area contributed by atoms with Crippen molar-refractivity contribution in [2.75, 3.05) is 26.2 Å². The quantitative estimate of drug-likeness (QED) is 0.678. The Kier molecular flexibility index (Phi) is 8.57. The molecule has 0 aromatic heterocycles. The maximum absolute atomic E-state index is 11.7. The van der Waals surface area contributed by atoms with Crippen LogP contribution >= 0.6 is 0 Å². The van der Waals surface area contributed by atoms with Crippen molar-refractivity contribution in [1.82, 2.24) is 9.80 Å². The van der Waals surface area contributed by atoms with Gasteiger partial charge in [0.15, 0.2) is 0 Å². The molecule has 0 fully saturated rings. The van der Waals surface area contributed by atoms with Gasteiger partial charge in [-0.2, -0.15) is 0 Å². The van der Waals surface area contributed by atoms with Crippen LogP contribution in [0.3, 0.4) is 0 Å². The number of carboxylic acids is 1. The van der Waals surface area contributed by atoms with E-state index in [0.29, 0.717) is 32.5 Å². The van der Waals surface area contributed by atoms with Crippen molar-refractivity contribution in [2.45, 2.75) is 40.0 Å². The SMILES string of the molecule is CCN(CC)C(=O)CCCC(=O)N(CC)CC(=O)O. The molecule has 110 valence electrons. The summed E-state index contributed by atoms with van der Waals surface area (Å²) in [7, 11) is 0. The first-order chi connectivity index (χ1) is 8.96. The van der Waals surface area contributed by atoms with Crippen LogP contribution in [0.5, 0.6) is 0 Å². The van der Waals surface area contributed by atoms with Crippen LogP contribution in [-0.2, 0) is 14.4 Å². The summed E-state index contributed by atoms with van der Waals surface area (Å²) < 4.78 is 0. The third-order valence-electron chi connectivity index (χ3n) is 2.96. The molecule has 0 saturated heterocycles. The fraction of sp³-hybridized carbons (Fsp3) is 0.769. The molecule has 0 atom stereocenters.